The van der Waals surface area contributed by atoms with Crippen LogP contribution in [0.15, 0.2) is 0 Å². The van der Waals surface area contributed by atoms with E-state index in [0.717, 1.165) is 0 Å². The van der Waals surface area contributed by atoms with E-state index in [9.17, 15) is 13.2 Å². The molecule has 0 aromatic heterocycles. The molecule has 0 fully saturated rings. The number of halogens is 3. The predicted molar refractivity (Wildman–Crippen MR) is 7.11 cm³/mol. The van der Waals surface area contributed by atoms with Crippen molar-refractivity contribution in [2.75, 3.05) is 0 Å². The first-order chi connectivity index (χ1) is 1.73. The van der Waals surface area contributed by atoms with Gasteiger partial charge in [-0.3, -0.25) is 0 Å². The molecule has 1 radical (unpaired) electrons. The second kappa shape index (κ2) is 4.44. The van der Waals surface area contributed by atoms with E-state index >= 15 is 0 Å². The molecule has 4 heteroatoms. The zero-order valence-electron chi connectivity index (χ0n) is 2.04. The largest absolute Gasteiger partial charge is 0.379 e. The fraction of sp³-hybridized carbons (Fsp3) is 1.00. The quantitative estimate of drug-likeness (QED) is 0.615. The minimum atomic E-state index is -3.67. The van der Waals surface area contributed by atoms with Gasteiger partial charge in [-0.25, -0.2) is 0 Å². The van der Waals surface area contributed by atoms with Gasteiger partial charge in [0, 0.05) is 20.1 Å². The van der Waals surface area contributed by atoms with Crippen LogP contribution in [0.5, 0.6) is 0 Å². The molecule has 0 aliphatic carbocycles. The van der Waals surface area contributed by atoms with E-state index in [1.807, 2.05) is 0 Å². The van der Waals surface area contributed by atoms with Crippen molar-refractivity contribution in [2.45, 2.75) is 6.68 Å². The zero-order chi connectivity index (χ0) is 3.58. The molecule has 0 aromatic rings. The molecule has 0 amide bonds. The zero-order valence-corrected chi connectivity index (χ0v) is 4.44. The van der Waals surface area contributed by atoms with Gasteiger partial charge in [-0.2, -0.15) is 13.2 Å². The van der Waals surface area contributed by atoms with Gasteiger partial charge in [0.25, 0.3) is 0 Å². The van der Waals surface area contributed by atoms with Crippen LogP contribution in [0.3, 0.4) is 0 Å². The van der Waals surface area contributed by atoms with Crippen LogP contribution in [0.25, 0.3) is 0 Å². The van der Waals surface area contributed by atoms with Gasteiger partial charge in [0.2, 0.25) is 0 Å². The fourth-order valence-electron chi connectivity index (χ4n) is 0. The van der Waals surface area contributed by atoms with Crippen LogP contribution in [-0.2, 0) is 20.1 Å². The molecule has 0 aromatic carbocycles. The second-order valence-corrected chi connectivity index (χ2v) is 0.247. The molecule has 0 bridgehead atoms. The molecule has 0 saturated heterocycles. The van der Waals surface area contributed by atoms with Gasteiger partial charge in [0.05, 0.1) is 0 Å². The number of alkyl halides is 3. The molecule has 0 N–H and O–H groups in total. The Morgan fingerprint density at radius 1 is 1.00 bits per heavy atom. The number of hydrogen-bond acceptors (Lipinski definition) is 0. The SMILES string of the molecule is FC(F)F.[Ir]. The van der Waals surface area contributed by atoms with E-state index in [-0.39, 0.29) is 20.1 Å². The van der Waals surface area contributed by atoms with Crippen LogP contribution in [0.2, 0.25) is 0 Å². The Morgan fingerprint density at radius 3 is 1.00 bits per heavy atom. The van der Waals surface area contributed by atoms with Crippen LogP contribution >= 0.6 is 0 Å². The molecule has 0 saturated carbocycles. The maximum atomic E-state index is 9.67. The first-order valence-corrected chi connectivity index (χ1v) is 0.655. The van der Waals surface area contributed by atoms with E-state index in [1.165, 1.54) is 0 Å². The van der Waals surface area contributed by atoms with Gasteiger partial charge in [0.15, 0.2) is 0 Å². The molecular weight excluding hydrogens is 261 g/mol. The summed E-state index contributed by atoms with van der Waals surface area (Å²) in [5.41, 5.74) is 0. The summed E-state index contributed by atoms with van der Waals surface area (Å²) in [5, 5.41) is 0. The summed E-state index contributed by atoms with van der Waals surface area (Å²) in [4.78, 5) is 0. The normalized spacial score (nSPS) is 7.20. The third-order valence-corrected chi connectivity index (χ3v) is 0. The third-order valence-electron chi connectivity index (χ3n) is 0. The fourth-order valence-corrected chi connectivity index (χ4v) is 0. The molecule has 5 heavy (non-hydrogen) atoms. The van der Waals surface area contributed by atoms with Gasteiger partial charge < -0.3 is 0 Å². The van der Waals surface area contributed by atoms with Crippen molar-refractivity contribution in [3.63, 3.8) is 0 Å². The Balaban J connectivity index is 0. The minimum Gasteiger partial charge on any atom is -0.174 e. The maximum absolute atomic E-state index is 9.67. The standard InChI is InChI=1S/CHF3.Ir/c2-1(3)4;/h1H;. The van der Waals surface area contributed by atoms with Crippen molar-refractivity contribution in [2.24, 2.45) is 0 Å². The van der Waals surface area contributed by atoms with Gasteiger partial charge >= 0.3 is 6.68 Å². The van der Waals surface area contributed by atoms with E-state index in [0.29, 0.717) is 0 Å². The van der Waals surface area contributed by atoms with Crippen molar-refractivity contribution < 1.29 is 33.3 Å². The average molecular weight is 262 g/mol. The summed E-state index contributed by atoms with van der Waals surface area (Å²) < 4.78 is 29.0. The van der Waals surface area contributed by atoms with E-state index in [4.69, 9.17) is 0 Å². The first-order valence-electron chi connectivity index (χ1n) is 0.655. The molecule has 0 unspecified atom stereocenters. The summed E-state index contributed by atoms with van der Waals surface area (Å²) in [6.07, 6.45) is 0. The van der Waals surface area contributed by atoms with Crippen LogP contribution in [0, 0.1) is 0 Å². The van der Waals surface area contributed by atoms with Crippen LogP contribution in [0.4, 0.5) is 13.2 Å². The second-order valence-electron chi connectivity index (χ2n) is 0.247. The predicted octanol–water partition coefficient (Wildman–Crippen LogP) is 1.18. The summed E-state index contributed by atoms with van der Waals surface area (Å²) >= 11 is 0. The summed E-state index contributed by atoms with van der Waals surface area (Å²) in [5.74, 6) is 0. The van der Waals surface area contributed by atoms with Crippen LogP contribution < -0.4 is 0 Å². The Morgan fingerprint density at radius 2 is 1.00 bits per heavy atom. The molecule has 0 atom stereocenters. The van der Waals surface area contributed by atoms with Crippen molar-refractivity contribution >= 4 is 0 Å². The number of hydrogen-bond donors (Lipinski definition) is 0. The number of rotatable bonds is 0. The van der Waals surface area contributed by atoms with Crippen molar-refractivity contribution in [3.05, 3.63) is 0 Å². The topological polar surface area (TPSA) is 0 Å². The molecular formula is CHF3Ir. The molecule has 0 heterocycles. The van der Waals surface area contributed by atoms with Gasteiger partial charge in [-0.05, 0) is 0 Å². The minimum absolute atomic E-state index is 0. The molecule has 35 valence electrons. The third kappa shape index (κ3) is 137. The molecule has 0 nitrogen and oxygen atoms in total. The molecule has 0 aliphatic heterocycles. The maximum Gasteiger partial charge on any atom is 0.379 e. The Kier molecular flexibility index (Phi) is 8.05. The molecule has 0 rings (SSSR count). The van der Waals surface area contributed by atoms with E-state index in [2.05, 4.69) is 0 Å². The summed E-state index contributed by atoms with van der Waals surface area (Å²) in [6.45, 7) is -3.67. The monoisotopic (exact) mass is 263 g/mol. The van der Waals surface area contributed by atoms with Crippen LogP contribution in [0.1, 0.15) is 0 Å². The van der Waals surface area contributed by atoms with Crippen molar-refractivity contribution in [3.8, 4) is 0 Å². The smallest absolute Gasteiger partial charge is 0.174 e. The van der Waals surface area contributed by atoms with Crippen molar-refractivity contribution in [1.82, 2.24) is 0 Å². The summed E-state index contributed by atoms with van der Waals surface area (Å²) in [7, 11) is 0. The summed E-state index contributed by atoms with van der Waals surface area (Å²) in [6, 6.07) is 0. The van der Waals surface area contributed by atoms with Crippen molar-refractivity contribution in [1.29, 1.82) is 0 Å². The van der Waals surface area contributed by atoms with Gasteiger partial charge in [-0.1, -0.05) is 0 Å². The Hall–Kier alpha value is 0.439. The van der Waals surface area contributed by atoms with E-state index in [1.54, 1.807) is 0 Å². The molecule has 0 spiro atoms. The van der Waals surface area contributed by atoms with Gasteiger partial charge in [-0.15, -0.1) is 0 Å². The molecule has 0 aliphatic rings. The first kappa shape index (κ1) is 9.06. The Labute approximate surface area is 40.7 Å². The Bertz CT molecular complexity index is 11.6. The van der Waals surface area contributed by atoms with Crippen LogP contribution in [-0.4, -0.2) is 6.68 Å². The average Bonchev–Trinajstić information content (AvgIpc) is 0.811. The van der Waals surface area contributed by atoms with E-state index < -0.39 is 6.68 Å². The van der Waals surface area contributed by atoms with Gasteiger partial charge in [0.1, 0.15) is 0 Å².